The van der Waals surface area contributed by atoms with Gasteiger partial charge in [-0.3, -0.25) is 0 Å². The molecule has 0 bridgehead atoms. The van der Waals surface area contributed by atoms with Crippen molar-refractivity contribution in [1.82, 2.24) is 3.97 Å². The van der Waals surface area contributed by atoms with Gasteiger partial charge in [-0.25, -0.2) is 12.4 Å². The summed E-state index contributed by atoms with van der Waals surface area (Å²) in [6, 6.07) is 49.9. The number of aliphatic hydroxyl groups excluding tert-OH is 1. The summed E-state index contributed by atoms with van der Waals surface area (Å²) in [6.07, 6.45) is -1.89. The van der Waals surface area contributed by atoms with Crippen LogP contribution in [0.2, 0.25) is 0 Å². The number of aliphatic hydroxyl groups is 1. The quantitative estimate of drug-likeness (QED) is 0.105. The molecule has 5 atom stereocenters. The highest BCUT2D eigenvalue weighted by Gasteiger charge is 2.49. The summed E-state index contributed by atoms with van der Waals surface area (Å²) in [6.45, 7) is 0.609. The Bertz CT molecular complexity index is 2480. The van der Waals surface area contributed by atoms with Crippen LogP contribution in [0.15, 0.2) is 169 Å². The van der Waals surface area contributed by atoms with E-state index >= 15 is 0 Å². The lowest BCUT2D eigenvalue weighted by molar-refractivity contribution is -0.326. The van der Waals surface area contributed by atoms with E-state index in [-0.39, 0.29) is 37.9 Å². The number of hydrogen-bond acceptors (Lipinski definition) is 8. The lowest BCUT2D eigenvalue weighted by Gasteiger charge is -2.45. The van der Waals surface area contributed by atoms with Gasteiger partial charge in [0.25, 0.3) is 10.0 Å². The molecule has 10 heteroatoms. The Hall–Kier alpha value is -5.17. The Morgan fingerprint density at radius 1 is 0.579 bits per heavy atom. The van der Waals surface area contributed by atoms with Gasteiger partial charge in [0.05, 0.1) is 43.4 Å². The number of para-hydroxylation sites is 1. The molecule has 2 heterocycles. The molecule has 1 saturated heterocycles. The van der Waals surface area contributed by atoms with Crippen LogP contribution in [0.3, 0.4) is 0 Å². The third-order valence-electron chi connectivity index (χ3n) is 10.3. The number of fused-ring (bicyclic) bond motifs is 2. The second-order valence-corrected chi connectivity index (χ2v) is 15.9. The number of hydrogen-bond donors (Lipinski definition) is 1. The molecule has 292 valence electrons. The van der Waals surface area contributed by atoms with Gasteiger partial charge in [-0.1, -0.05) is 133 Å². The summed E-state index contributed by atoms with van der Waals surface area (Å²) in [7, 11) is -3.85. The average Bonchev–Trinajstić information content (AvgIpc) is 3.64. The van der Waals surface area contributed by atoms with Gasteiger partial charge in [0.1, 0.15) is 24.4 Å². The topological polar surface area (TPSA) is 105 Å². The molecule has 6 aromatic carbocycles. The van der Waals surface area contributed by atoms with E-state index in [1.54, 1.807) is 42.6 Å². The van der Waals surface area contributed by atoms with Crippen LogP contribution in [-0.2, 0) is 59.9 Å². The smallest absolute Gasteiger partial charge is 0.268 e. The van der Waals surface area contributed by atoms with E-state index in [1.807, 2.05) is 97.1 Å². The molecule has 1 N–H and O–H groups in total. The second-order valence-electron chi connectivity index (χ2n) is 14.1. The van der Waals surface area contributed by atoms with Crippen molar-refractivity contribution in [3.8, 4) is 0 Å². The molecule has 0 unspecified atom stereocenters. The van der Waals surface area contributed by atoms with Crippen molar-refractivity contribution >= 4 is 31.7 Å². The van der Waals surface area contributed by atoms with Crippen LogP contribution >= 0.6 is 0 Å². The maximum atomic E-state index is 13.8. The fourth-order valence-electron chi connectivity index (χ4n) is 7.39. The zero-order chi connectivity index (χ0) is 39.0. The minimum Gasteiger partial charge on any atom is -0.394 e. The molecule has 9 nitrogen and oxygen atoms in total. The Balaban J connectivity index is 1.08. The van der Waals surface area contributed by atoms with Crippen molar-refractivity contribution in [3.05, 3.63) is 186 Å². The maximum absolute atomic E-state index is 13.8. The van der Waals surface area contributed by atoms with E-state index in [2.05, 4.69) is 24.3 Å². The molecule has 1 aliphatic heterocycles. The summed E-state index contributed by atoms with van der Waals surface area (Å²) in [5.74, 6) is 0. The number of nitrogens with zero attached hydrogens (tertiary/aromatic N) is 1. The summed E-state index contributed by atoms with van der Waals surface area (Å²) in [5.41, 5.74) is 4.28. The van der Waals surface area contributed by atoms with Crippen LogP contribution in [0.5, 0.6) is 0 Å². The van der Waals surface area contributed by atoms with E-state index in [4.69, 9.17) is 23.7 Å². The minimum atomic E-state index is -3.85. The highest BCUT2D eigenvalue weighted by molar-refractivity contribution is 7.90. The molecule has 0 spiro atoms. The molecular formula is C47H45NO8S. The Morgan fingerprint density at radius 2 is 1.16 bits per heavy atom. The minimum absolute atomic E-state index is 0.166. The molecule has 57 heavy (non-hydrogen) atoms. The van der Waals surface area contributed by atoms with Gasteiger partial charge < -0.3 is 28.8 Å². The third kappa shape index (κ3) is 8.88. The van der Waals surface area contributed by atoms with Crippen LogP contribution in [0, 0.1) is 0 Å². The highest BCUT2D eigenvalue weighted by atomic mass is 32.2. The third-order valence-corrected chi connectivity index (χ3v) is 12.0. The number of ether oxygens (including phenoxy) is 5. The number of rotatable bonds is 16. The lowest BCUT2D eigenvalue weighted by Crippen LogP contribution is -2.61. The number of aromatic nitrogens is 1. The van der Waals surface area contributed by atoms with Crippen molar-refractivity contribution < 1.29 is 37.2 Å². The van der Waals surface area contributed by atoms with Crippen molar-refractivity contribution in [2.45, 2.75) is 61.8 Å². The summed E-state index contributed by atoms with van der Waals surface area (Å²) in [4.78, 5) is 0.205. The molecule has 1 aliphatic rings. The Kier molecular flexibility index (Phi) is 12.2. The summed E-state index contributed by atoms with van der Waals surface area (Å²) in [5, 5.41) is 13.8. The van der Waals surface area contributed by atoms with E-state index in [9.17, 15) is 13.5 Å². The van der Waals surface area contributed by atoms with Gasteiger partial charge in [-0.15, -0.1) is 0 Å². The van der Waals surface area contributed by atoms with Crippen LogP contribution < -0.4 is 0 Å². The molecule has 0 amide bonds. The fraction of sp³-hybridized carbons (Fsp3) is 0.234. The molecule has 1 aromatic heterocycles. The first-order chi connectivity index (χ1) is 28.0. The predicted molar refractivity (Wildman–Crippen MR) is 219 cm³/mol. The lowest BCUT2D eigenvalue weighted by atomic mass is 9.97. The molecule has 0 radical (unpaired) electrons. The fourth-order valence-corrected chi connectivity index (χ4v) is 8.80. The van der Waals surface area contributed by atoms with Crippen LogP contribution in [-0.4, -0.2) is 61.4 Å². The van der Waals surface area contributed by atoms with E-state index in [1.165, 1.54) is 3.97 Å². The van der Waals surface area contributed by atoms with E-state index in [0.717, 1.165) is 38.4 Å². The SMILES string of the molecule is O=S(=O)(c1ccccc1)n1cc(CCO[C@@H]2O[C@H](CO)[C@@H](OCc3ccccc3)[C@H](OCc3ccccc3)[C@H]2OCc2ccc3ccccc3c2)c2ccccc21. The van der Waals surface area contributed by atoms with Crippen LogP contribution in [0.4, 0.5) is 0 Å². The predicted octanol–water partition coefficient (Wildman–Crippen LogP) is 8.06. The average molecular weight is 784 g/mol. The van der Waals surface area contributed by atoms with Gasteiger partial charge in [-0.2, -0.15) is 0 Å². The summed E-state index contributed by atoms with van der Waals surface area (Å²) >= 11 is 0. The van der Waals surface area contributed by atoms with Crippen LogP contribution in [0.25, 0.3) is 21.7 Å². The first-order valence-corrected chi connectivity index (χ1v) is 20.6. The second kappa shape index (κ2) is 18.0. The zero-order valence-electron chi connectivity index (χ0n) is 31.4. The molecular weight excluding hydrogens is 739 g/mol. The Morgan fingerprint density at radius 3 is 1.86 bits per heavy atom. The van der Waals surface area contributed by atoms with Gasteiger partial charge in [-0.05, 0) is 63.7 Å². The summed E-state index contributed by atoms with van der Waals surface area (Å²) < 4.78 is 62.0. The van der Waals surface area contributed by atoms with Gasteiger partial charge in [0.15, 0.2) is 6.29 Å². The van der Waals surface area contributed by atoms with E-state index in [0.29, 0.717) is 11.9 Å². The number of benzene rings is 6. The zero-order valence-corrected chi connectivity index (χ0v) is 32.2. The largest absolute Gasteiger partial charge is 0.394 e. The van der Waals surface area contributed by atoms with Crippen molar-refractivity contribution in [1.29, 1.82) is 0 Å². The molecule has 8 rings (SSSR count). The first kappa shape index (κ1) is 38.7. The molecule has 0 saturated carbocycles. The molecule has 7 aromatic rings. The van der Waals surface area contributed by atoms with Crippen LogP contribution in [0.1, 0.15) is 22.3 Å². The maximum Gasteiger partial charge on any atom is 0.268 e. The van der Waals surface area contributed by atoms with Crippen molar-refractivity contribution in [2.75, 3.05) is 13.2 Å². The highest BCUT2D eigenvalue weighted by Crippen LogP contribution is 2.32. The normalized spacial score (nSPS) is 19.9. The monoisotopic (exact) mass is 783 g/mol. The van der Waals surface area contributed by atoms with Crippen molar-refractivity contribution in [3.63, 3.8) is 0 Å². The van der Waals surface area contributed by atoms with Gasteiger partial charge in [0, 0.05) is 11.6 Å². The van der Waals surface area contributed by atoms with Crippen molar-refractivity contribution in [2.24, 2.45) is 0 Å². The van der Waals surface area contributed by atoms with Gasteiger partial charge in [0.2, 0.25) is 0 Å². The van der Waals surface area contributed by atoms with Gasteiger partial charge >= 0.3 is 0 Å². The standard InChI is InChI=1S/C47H45NO8S/c49-30-43-44(53-31-34-14-4-1-5-15-34)45(54-32-35-16-6-2-7-17-35)46(55-33-36-24-25-37-18-10-11-19-38(37)28-36)47(56-43)52-27-26-39-29-48(42-23-13-12-22-41(39)42)57(50,51)40-20-8-3-9-21-40/h1-25,28-29,43-47,49H,26-27,30-33H2/t43-,44-,45+,46-,47-/m1/s1. The van der Waals surface area contributed by atoms with E-state index < -0.39 is 40.7 Å². The Labute approximate surface area is 333 Å². The molecule has 1 fully saturated rings. The molecule has 0 aliphatic carbocycles. The first-order valence-electron chi connectivity index (χ1n) is 19.2.